The second-order valence-corrected chi connectivity index (χ2v) is 4.86. The highest BCUT2D eigenvalue weighted by Gasteiger charge is 2.19. The number of nitrogens with one attached hydrogen (secondary N) is 1. The largest absolute Gasteiger partial charge is 0.496 e. The van der Waals surface area contributed by atoms with E-state index in [9.17, 15) is 0 Å². The van der Waals surface area contributed by atoms with Crippen LogP contribution < -0.4 is 10.1 Å². The third-order valence-corrected chi connectivity index (χ3v) is 3.71. The number of hydrogen-bond acceptors (Lipinski definition) is 2. The molecule has 0 aromatic heterocycles. The molecule has 0 atom stereocenters. The van der Waals surface area contributed by atoms with Crippen LogP contribution in [-0.4, -0.2) is 20.2 Å². The van der Waals surface area contributed by atoms with E-state index in [1.165, 1.54) is 41.8 Å². The molecule has 0 aliphatic carbocycles. The number of ether oxygens (including phenoxy) is 1. The van der Waals surface area contributed by atoms with E-state index in [4.69, 9.17) is 4.74 Å². The lowest BCUT2D eigenvalue weighted by Crippen LogP contribution is -2.43. The van der Waals surface area contributed by atoms with Gasteiger partial charge in [-0.3, -0.25) is 0 Å². The molecular formula is C14H21NO. The zero-order valence-electron chi connectivity index (χ0n) is 10.7. The van der Waals surface area contributed by atoms with E-state index in [1.807, 2.05) is 0 Å². The third-order valence-electron chi connectivity index (χ3n) is 3.71. The first-order valence-corrected chi connectivity index (χ1v) is 5.98. The maximum absolute atomic E-state index is 5.44. The van der Waals surface area contributed by atoms with Crippen LogP contribution in [0.15, 0.2) is 6.07 Å². The van der Waals surface area contributed by atoms with E-state index >= 15 is 0 Å². The van der Waals surface area contributed by atoms with Crippen LogP contribution in [0.3, 0.4) is 0 Å². The Labute approximate surface area is 98.0 Å². The van der Waals surface area contributed by atoms with Gasteiger partial charge in [0, 0.05) is 0 Å². The van der Waals surface area contributed by atoms with E-state index in [0.717, 1.165) is 11.7 Å². The molecule has 16 heavy (non-hydrogen) atoms. The molecule has 2 nitrogen and oxygen atoms in total. The summed E-state index contributed by atoms with van der Waals surface area (Å²) < 4.78 is 5.44. The van der Waals surface area contributed by atoms with Gasteiger partial charge in [-0.25, -0.2) is 0 Å². The van der Waals surface area contributed by atoms with Crippen molar-refractivity contribution in [2.75, 3.05) is 20.2 Å². The summed E-state index contributed by atoms with van der Waals surface area (Å²) in [7, 11) is 1.75. The van der Waals surface area contributed by atoms with Gasteiger partial charge in [-0.15, -0.1) is 0 Å². The lowest BCUT2D eigenvalue weighted by atomic mass is 9.89. The fraction of sp³-hybridized carbons (Fsp3) is 0.571. The van der Waals surface area contributed by atoms with Crippen LogP contribution in [0, 0.1) is 26.7 Å². The summed E-state index contributed by atoms with van der Waals surface area (Å²) in [6.45, 7) is 8.84. The van der Waals surface area contributed by atoms with E-state index in [-0.39, 0.29) is 0 Å². The van der Waals surface area contributed by atoms with E-state index in [1.54, 1.807) is 7.11 Å². The van der Waals surface area contributed by atoms with Crippen LogP contribution in [-0.2, 0) is 6.42 Å². The second kappa shape index (κ2) is 4.46. The molecule has 2 heteroatoms. The number of hydrogen-bond donors (Lipinski definition) is 1. The fourth-order valence-electron chi connectivity index (χ4n) is 2.47. The molecule has 1 aromatic rings. The standard InChI is InChI=1S/C14H21NO/c1-9-5-13(6-12-7-15-8-12)10(2)11(3)14(9)16-4/h5,12,15H,6-8H2,1-4H3. The zero-order valence-corrected chi connectivity index (χ0v) is 10.7. The molecule has 88 valence electrons. The van der Waals surface area contributed by atoms with Gasteiger partial charge < -0.3 is 10.1 Å². The molecule has 0 amide bonds. The van der Waals surface area contributed by atoms with E-state index < -0.39 is 0 Å². The Balaban J connectivity index is 2.31. The molecule has 0 unspecified atom stereocenters. The van der Waals surface area contributed by atoms with Gasteiger partial charge in [-0.2, -0.15) is 0 Å². The quantitative estimate of drug-likeness (QED) is 0.842. The summed E-state index contributed by atoms with van der Waals surface area (Å²) in [5.41, 5.74) is 5.44. The maximum Gasteiger partial charge on any atom is 0.124 e. The minimum atomic E-state index is 0.825. The predicted molar refractivity (Wildman–Crippen MR) is 67.3 cm³/mol. The molecule has 0 saturated carbocycles. The van der Waals surface area contributed by atoms with Crippen molar-refractivity contribution in [3.63, 3.8) is 0 Å². The lowest BCUT2D eigenvalue weighted by Gasteiger charge is -2.28. The highest BCUT2D eigenvalue weighted by Crippen LogP contribution is 2.30. The van der Waals surface area contributed by atoms with Crippen LogP contribution in [0.5, 0.6) is 5.75 Å². The summed E-state index contributed by atoms with van der Waals surface area (Å²) in [4.78, 5) is 0. The summed E-state index contributed by atoms with van der Waals surface area (Å²) in [5, 5.41) is 3.33. The Hall–Kier alpha value is -1.02. The van der Waals surface area contributed by atoms with Crippen molar-refractivity contribution in [1.82, 2.24) is 5.32 Å². The van der Waals surface area contributed by atoms with Crippen molar-refractivity contribution in [2.45, 2.75) is 27.2 Å². The van der Waals surface area contributed by atoms with Crippen LogP contribution in [0.2, 0.25) is 0 Å². The SMILES string of the molecule is COc1c(C)cc(CC2CNC2)c(C)c1C. The zero-order chi connectivity index (χ0) is 11.7. The predicted octanol–water partition coefficient (Wildman–Crippen LogP) is 2.38. The van der Waals surface area contributed by atoms with Gasteiger partial charge in [0.25, 0.3) is 0 Å². The molecule has 0 radical (unpaired) electrons. The minimum absolute atomic E-state index is 0.825. The first kappa shape index (κ1) is 11.5. The van der Waals surface area contributed by atoms with Gasteiger partial charge in [0.1, 0.15) is 5.75 Å². The average Bonchev–Trinajstić information content (AvgIpc) is 2.19. The number of benzene rings is 1. The molecule has 1 saturated heterocycles. The first-order chi connectivity index (χ1) is 7.63. The molecule has 1 aliphatic rings. The van der Waals surface area contributed by atoms with Crippen molar-refractivity contribution in [3.8, 4) is 5.75 Å². The molecule has 0 spiro atoms. The van der Waals surface area contributed by atoms with Crippen molar-refractivity contribution in [1.29, 1.82) is 0 Å². The number of aryl methyl sites for hydroxylation is 1. The first-order valence-electron chi connectivity index (χ1n) is 5.98. The molecule has 1 N–H and O–H groups in total. The van der Waals surface area contributed by atoms with E-state index in [2.05, 4.69) is 32.2 Å². The third kappa shape index (κ3) is 1.94. The highest BCUT2D eigenvalue weighted by atomic mass is 16.5. The summed E-state index contributed by atoms with van der Waals surface area (Å²) in [6.07, 6.45) is 1.20. The van der Waals surface area contributed by atoms with Crippen molar-refractivity contribution < 1.29 is 4.74 Å². The molecule has 0 bridgehead atoms. The molecule has 2 rings (SSSR count). The summed E-state index contributed by atoms with van der Waals surface area (Å²) in [6, 6.07) is 2.29. The number of methoxy groups -OCH3 is 1. The van der Waals surface area contributed by atoms with Crippen LogP contribution in [0.1, 0.15) is 22.3 Å². The van der Waals surface area contributed by atoms with Gasteiger partial charge >= 0.3 is 0 Å². The fourth-order valence-corrected chi connectivity index (χ4v) is 2.47. The highest BCUT2D eigenvalue weighted by molar-refractivity contribution is 5.49. The molecule has 1 aliphatic heterocycles. The minimum Gasteiger partial charge on any atom is -0.496 e. The lowest BCUT2D eigenvalue weighted by molar-refractivity contribution is 0.345. The van der Waals surface area contributed by atoms with Crippen molar-refractivity contribution >= 4 is 0 Å². The van der Waals surface area contributed by atoms with Gasteiger partial charge in [0.05, 0.1) is 7.11 Å². The van der Waals surface area contributed by atoms with Gasteiger partial charge in [0.15, 0.2) is 0 Å². The Morgan fingerprint density at radius 1 is 1.25 bits per heavy atom. The molecular weight excluding hydrogens is 198 g/mol. The average molecular weight is 219 g/mol. The molecule has 1 heterocycles. The summed E-state index contributed by atoms with van der Waals surface area (Å²) in [5.74, 6) is 1.87. The molecule has 1 aromatic carbocycles. The van der Waals surface area contributed by atoms with Gasteiger partial charge in [0.2, 0.25) is 0 Å². The smallest absolute Gasteiger partial charge is 0.124 e. The van der Waals surface area contributed by atoms with Crippen LogP contribution in [0.4, 0.5) is 0 Å². The topological polar surface area (TPSA) is 21.3 Å². The van der Waals surface area contributed by atoms with Gasteiger partial charge in [-0.1, -0.05) is 6.07 Å². The monoisotopic (exact) mass is 219 g/mol. The Kier molecular flexibility index (Phi) is 3.20. The van der Waals surface area contributed by atoms with Crippen LogP contribution >= 0.6 is 0 Å². The molecule has 1 fully saturated rings. The maximum atomic E-state index is 5.44. The Morgan fingerprint density at radius 3 is 2.44 bits per heavy atom. The normalized spacial score (nSPS) is 16.0. The number of rotatable bonds is 3. The Morgan fingerprint density at radius 2 is 1.94 bits per heavy atom. The summed E-state index contributed by atoms with van der Waals surface area (Å²) >= 11 is 0. The van der Waals surface area contributed by atoms with Gasteiger partial charge in [-0.05, 0) is 68.5 Å². The second-order valence-electron chi connectivity index (χ2n) is 4.86. The van der Waals surface area contributed by atoms with E-state index in [0.29, 0.717) is 0 Å². The van der Waals surface area contributed by atoms with Crippen molar-refractivity contribution in [2.24, 2.45) is 5.92 Å². The van der Waals surface area contributed by atoms with Crippen LogP contribution in [0.25, 0.3) is 0 Å². The Bertz CT molecular complexity index is 394. The van der Waals surface area contributed by atoms with Crippen molar-refractivity contribution in [3.05, 3.63) is 28.3 Å².